The molecule has 0 saturated heterocycles. The molecule has 0 atom stereocenters. The van der Waals surface area contributed by atoms with Crippen LogP contribution < -0.4 is 0 Å². The summed E-state index contributed by atoms with van der Waals surface area (Å²) in [5.41, 5.74) is 2.24. The van der Waals surface area contributed by atoms with E-state index in [-0.39, 0.29) is 6.61 Å². The van der Waals surface area contributed by atoms with Crippen molar-refractivity contribution in [2.75, 3.05) is 6.61 Å². The SMILES string of the molecule is OC/C=C/c1c[nH]c2ccccc12. The minimum absolute atomic E-state index is 0.0828. The standard InChI is InChI=1S/C11H11NO/c13-7-3-4-9-8-12-11-6-2-1-5-10(9)11/h1-6,8,12-13H,7H2/b4-3+. The van der Waals surface area contributed by atoms with Gasteiger partial charge in [0.2, 0.25) is 0 Å². The van der Waals surface area contributed by atoms with E-state index in [0.717, 1.165) is 11.1 Å². The predicted molar refractivity (Wildman–Crippen MR) is 54.4 cm³/mol. The minimum Gasteiger partial charge on any atom is -0.392 e. The van der Waals surface area contributed by atoms with Crippen LogP contribution in [0.15, 0.2) is 36.5 Å². The summed E-state index contributed by atoms with van der Waals surface area (Å²) in [6.07, 6.45) is 5.59. The molecule has 1 heterocycles. The Hall–Kier alpha value is -1.54. The van der Waals surface area contributed by atoms with Crippen molar-refractivity contribution in [3.05, 3.63) is 42.1 Å². The van der Waals surface area contributed by atoms with Crippen LogP contribution in [0.25, 0.3) is 17.0 Å². The molecule has 1 aromatic heterocycles. The number of aliphatic hydroxyl groups is 1. The van der Waals surface area contributed by atoms with Crippen molar-refractivity contribution in [1.82, 2.24) is 4.98 Å². The number of para-hydroxylation sites is 1. The van der Waals surface area contributed by atoms with Crippen molar-refractivity contribution < 1.29 is 5.11 Å². The van der Waals surface area contributed by atoms with Gasteiger partial charge in [0, 0.05) is 17.1 Å². The molecular weight excluding hydrogens is 162 g/mol. The lowest BCUT2D eigenvalue weighted by Gasteiger charge is -1.89. The smallest absolute Gasteiger partial charge is 0.0615 e. The van der Waals surface area contributed by atoms with Crippen LogP contribution in [0.1, 0.15) is 5.56 Å². The summed E-state index contributed by atoms with van der Waals surface area (Å²) >= 11 is 0. The van der Waals surface area contributed by atoms with Gasteiger partial charge >= 0.3 is 0 Å². The van der Waals surface area contributed by atoms with Gasteiger partial charge in [-0.15, -0.1) is 0 Å². The Balaban J connectivity index is 2.52. The highest BCUT2D eigenvalue weighted by molar-refractivity contribution is 5.88. The van der Waals surface area contributed by atoms with E-state index < -0.39 is 0 Å². The molecule has 0 radical (unpaired) electrons. The van der Waals surface area contributed by atoms with E-state index >= 15 is 0 Å². The molecule has 2 N–H and O–H groups in total. The molecular formula is C11H11NO. The summed E-state index contributed by atoms with van der Waals surface area (Å²) in [4.78, 5) is 3.16. The quantitative estimate of drug-likeness (QED) is 0.717. The molecule has 0 saturated carbocycles. The van der Waals surface area contributed by atoms with Gasteiger partial charge in [-0.3, -0.25) is 0 Å². The maximum atomic E-state index is 8.64. The van der Waals surface area contributed by atoms with Crippen molar-refractivity contribution in [3.63, 3.8) is 0 Å². The Morgan fingerprint density at radius 1 is 1.31 bits per heavy atom. The average Bonchev–Trinajstić information content (AvgIpc) is 2.58. The molecule has 0 aliphatic rings. The topological polar surface area (TPSA) is 36.0 Å². The summed E-state index contributed by atoms with van der Waals surface area (Å²) in [7, 11) is 0. The van der Waals surface area contributed by atoms with Crippen LogP contribution >= 0.6 is 0 Å². The van der Waals surface area contributed by atoms with Gasteiger partial charge in [0.25, 0.3) is 0 Å². The first-order valence-corrected chi connectivity index (χ1v) is 4.25. The number of H-pyrrole nitrogens is 1. The second-order valence-electron chi connectivity index (χ2n) is 2.87. The van der Waals surface area contributed by atoms with Crippen LogP contribution in [0.2, 0.25) is 0 Å². The van der Waals surface area contributed by atoms with E-state index in [1.54, 1.807) is 6.08 Å². The third-order valence-corrected chi connectivity index (χ3v) is 2.02. The van der Waals surface area contributed by atoms with E-state index in [0.29, 0.717) is 0 Å². The normalized spacial score (nSPS) is 11.5. The third-order valence-electron chi connectivity index (χ3n) is 2.02. The predicted octanol–water partition coefficient (Wildman–Crippen LogP) is 2.17. The van der Waals surface area contributed by atoms with Crippen molar-refractivity contribution in [1.29, 1.82) is 0 Å². The zero-order chi connectivity index (χ0) is 9.10. The summed E-state index contributed by atoms with van der Waals surface area (Å²) in [5, 5.41) is 9.83. The number of aliphatic hydroxyl groups excluding tert-OH is 1. The number of nitrogens with one attached hydrogen (secondary N) is 1. The van der Waals surface area contributed by atoms with Gasteiger partial charge in [-0.1, -0.05) is 30.4 Å². The summed E-state index contributed by atoms with van der Waals surface area (Å²) in [6.45, 7) is 0.0828. The molecule has 0 spiro atoms. The van der Waals surface area contributed by atoms with Gasteiger partial charge in [0.15, 0.2) is 0 Å². The van der Waals surface area contributed by atoms with Gasteiger partial charge in [0.05, 0.1) is 6.61 Å². The van der Waals surface area contributed by atoms with Gasteiger partial charge in [-0.05, 0) is 11.6 Å². The summed E-state index contributed by atoms with van der Waals surface area (Å²) < 4.78 is 0. The zero-order valence-corrected chi connectivity index (χ0v) is 7.20. The van der Waals surface area contributed by atoms with Crippen LogP contribution in [0.4, 0.5) is 0 Å². The monoisotopic (exact) mass is 173 g/mol. The molecule has 2 aromatic rings. The summed E-state index contributed by atoms with van der Waals surface area (Å²) in [5.74, 6) is 0. The Bertz CT molecular complexity index is 428. The van der Waals surface area contributed by atoms with E-state index in [2.05, 4.69) is 11.1 Å². The Labute approximate surface area is 76.5 Å². The zero-order valence-electron chi connectivity index (χ0n) is 7.20. The fourth-order valence-corrected chi connectivity index (χ4v) is 1.41. The van der Waals surface area contributed by atoms with Crippen LogP contribution in [0.5, 0.6) is 0 Å². The molecule has 2 nitrogen and oxygen atoms in total. The number of aromatic amines is 1. The van der Waals surface area contributed by atoms with Gasteiger partial charge in [-0.2, -0.15) is 0 Å². The van der Waals surface area contributed by atoms with Crippen LogP contribution in [-0.4, -0.2) is 16.7 Å². The first-order chi connectivity index (χ1) is 6.42. The Kier molecular flexibility index (Phi) is 2.15. The first-order valence-electron chi connectivity index (χ1n) is 4.25. The summed E-state index contributed by atoms with van der Waals surface area (Å²) in [6, 6.07) is 8.10. The molecule has 66 valence electrons. The van der Waals surface area contributed by atoms with E-state index in [1.165, 1.54) is 5.39 Å². The lowest BCUT2D eigenvalue weighted by atomic mass is 10.2. The van der Waals surface area contributed by atoms with Crippen LogP contribution in [0, 0.1) is 0 Å². The van der Waals surface area contributed by atoms with E-state index in [4.69, 9.17) is 5.11 Å². The van der Waals surface area contributed by atoms with Gasteiger partial charge in [0.1, 0.15) is 0 Å². The van der Waals surface area contributed by atoms with E-state index in [1.807, 2.05) is 30.5 Å². The molecule has 2 heteroatoms. The molecule has 0 bridgehead atoms. The number of fused-ring (bicyclic) bond motifs is 1. The molecule has 13 heavy (non-hydrogen) atoms. The number of hydrogen-bond acceptors (Lipinski definition) is 1. The number of rotatable bonds is 2. The number of benzene rings is 1. The second-order valence-corrected chi connectivity index (χ2v) is 2.87. The maximum absolute atomic E-state index is 8.64. The molecule has 0 unspecified atom stereocenters. The van der Waals surface area contributed by atoms with E-state index in [9.17, 15) is 0 Å². The minimum atomic E-state index is 0.0828. The molecule has 1 aromatic carbocycles. The third kappa shape index (κ3) is 1.48. The van der Waals surface area contributed by atoms with Crippen LogP contribution in [-0.2, 0) is 0 Å². The highest BCUT2D eigenvalue weighted by Crippen LogP contribution is 2.18. The van der Waals surface area contributed by atoms with Crippen molar-refractivity contribution >= 4 is 17.0 Å². The van der Waals surface area contributed by atoms with Gasteiger partial charge in [-0.25, -0.2) is 0 Å². The molecule has 0 amide bonds. The van der Waals surface area contributed by atoms with Gasteiger partial charge < -0.3 is 10.1 Å². The molecule has 0 aliphatic carbocycles. The van der Waals surface area contributed by atoms with Crippen molar-refractivity contribution in [2.24, 2.45) is 0 Å². The average molecular weight is 173 g/mol. The van der Waals surface area contributed by atoms with Crippen LogP contribution in [0.3, 0.4) is 0 Å². The first kappa shape index (κ1) is 8.08. The fraction of sp³-hybridized carbons (Fsp3) is 0.0909. The lowest BCUT2D eigenvalue weighted by molar-refractivity contribution is 0.343. The number of hydrogen-bond donors (Lipinski definition) is 2. The highest BCUT2D eigenvalue weighted by Gasteiger charge is 1.97. The number of aromatic nitrogens is 1. The second kappa shape index (κ2) is 3.46. The Morgan fingerprint density at radius 3 is 3.00 bits per heavy atom. The fourth-order valence-electron chi connectivity index (χ4n) is 1.41. The highest BCUT2D eigenvalue weighted by atomic mass is 16.2. The Morgan fingerprint density at radius 2 is 2.15 bits per heavy atom. The lowest BCUT2D eigenvalue weighted by Crippen LogP contribution is -1.71. The molecule has 0 fully saturated rings. The maximum Gasteiger partial charge on any atom is 0.0615 e. The molecule has 2 rings (SSSR count). The van der Waals surface area contributed by atoms with Crippen molar-refractivity contribution in [3.8, 4) is 0 Å². The molecule has 0 aliphatic heterocycles. The van der Waals surface area contributed by atoms with Crippen molar-refractivity contribution in [2.45, 2.75) is 0 Å². The largest absolute Gasteiger partial charge is 0.392 e.